The van der Waals surface area contributed by atoms with Gasteiger partial charge in [0.15, 0.2) is 0 Å². The smallest absolute Gasteiger partial charge is 0.286 e. The molecule has 0 unspecified atom stereocenters. The van der Waals surface area contributed by atoms with Gasteiger partial charge in [0, 0.05) is 31.4 Å². The maximum Gasteiger partial charge on any atom is 0.286 e. The van der Waals surface area contributed by atoms with Gasteiger partial charge in [-0.2, -0.15) is 0 Å². The predicted octanol–water partition coefficient (Wildman–Crippen LogP) is 0.0774. The van der Waals surface area contributed by atoms with Crippen molar-refractivity contribution in [1.82, 2.24) is 14.9 Å². The molecule has 0 bridgehead atoms. The first kappa shape index (κ1) is 12.2. The van der Waals surface area contributed by atoms with E-state index in [0.717, 1.165) is 12.0 Å². The molecule has 1 fully saturated rings. The van der Waals surface area contributed by atoms with Crippen LogP contribution in [0.4, 0.5) is 0 Å². The molecule has 0 aromatic carbocycles. The third-order valence-electron chi connectivity index (χ3n) is 3.04. The van der Waals surface area contributed by atoms with Crippen molar-refractivity contribution < 1.29 is 9.59 Å². The van der Waals surface area contributed by atoms with Crippen molar-refractivity contribution >= 4 is 11.8 Å². The Hall–Kier alpha value is -2.24. The molecule has 6 nitrogen and oxygen atoms in total. The van der Waals surface area contributed by atoms with Crippen LogP contribution in [0.15, 0.2) is 25.0 Å². The molecule has 0 radical (unpaired) electrons. The van der Waals surface area contributed by atoms with Crippen molar-refractivity contribution in [1.29, 1.82) is 0 Å². The first-order valence-electron chi connectivity index (χ1n) is 5.65. The van der Waals surface area contributed by atoms with Crippen molar-refractivity contribution in [2.24, 2.45) is 5.73 Å². The number of likely N-dealkylation sites (tertiary alicyclic amines) is 1. The fourth-order valence-corrected chi connectivity index (χ4v) is 2.04. The Morgan fingerprint density at radius 2 is 2.11 bits per heavy atom. The van der Waals surface area contributed by atoms with E-state index in [9.17, 15) is 9.59 Å². The van der Waals surface area contributed by atoms with Crippen LogP contribution in [0.5, 0.6) is 0 Å². The van der Waals surface area contributed by atoms with Crippen LogP contribution in [0.3, 0.4) is 0 Å². The fraction of sp³-hybridized carbons (Fsp3) is 0.333. The minimum Gasteiger partial charge on any atom is -0.363 e. The molecule has 1 saturated heterocycles. The van der Waals surface area contributed by atoms with E-state index in [1.165, 1.54) is 6.08 Å². The number of carbonyl (C=O) groups is 2. The largest absolute Gasteiger partial charge is 0.363 e. The van der Waals surface area contributed by atoms with Crippen LogP contribution >= 0.6 is 0 Å². The van der Waals surface area contributed by atoms with E-state index >= 15 is 0 Å². The molecule has 2 amide bonds. The summed E-state index contributed by atoms with van der Waals surface area (Å²) in [6.45, 7) is 4.80. The molecule has 1 aromatic rings. The second-order valence-electron chi connectivity index (χ2n) is 4.18. The lowest BCUT2D eigenvalue weighted by molar-refractivity contribution is -0.125. The van der Waals surface area contributed by atoms with Crippen LogP contribution in [-0.4, -0.2) is 39.8 Å². The predicted molar refractivity (Wildman–Crippen MR) is 64.7 cm³/mol. The molecule has 0 saturated carbocycles. The summed E-state index contributed by atoms with van der Waals surface area (Å²) in [5, 5.41) is 0. The van der Waals surface area contributed by atoms with Gasteiger partial charge < -0.3 is 10.6 Å². The van der Waals surface area contributed by atoms with Gasteiger partial charge in [-0.1, -0.05) is 6.58 Å². The van der Waals surface area contributed by atoms with Crippen LogP contribution < -0.4 is 5.73 Å². The first-order chi connectivity index (χ1) is 8.61. The second-order valence-corrected chi connectivity index (χ2v) is 4.18. The van der Waals surface area contributed by atoms with Gasteiger partial charge in [0.2, 0.25) is 11.7 Å². The summed E-state index contributed by atoms with van der Waals surface area (Å²) in [4.78, 5) is 31.8. The molecular weight excluding hydrogens is 232 g/mol. The Bertz CT molecular complexity index is 483. The molecule has 0 aliphatic carbocycles. The summed E-state index contributed by atoms with van der Waals surface area (Å²) in [7, 11) is 0. The third kappa shape index (κ3) is 2.37. The van der Waals surface area contributed by atoms with Crippen LogP contribution in [0.1, 0.15) is 28.5 Å². The lowest BCUT2D eigenvalue weighted by Crippen LogP contribution is -2.26. The molecule has 0 spiro atoms. The maximum atomic E-state index is 11.4. The van der Waals surface area contributed by atoms with Gasteiger partial charge in [-0.15, -0.1) is 0 Å². The number of aromatic nitrogens is 2. The fourth-order valence-electron chi connectivity index (χ4n) is 2.04. The monoisotopic (exact) mass is 246 g/mol. The highest BCUT2D eigenvalue weighted by molar-refractivity contribution is 5.88. The lowest BCUT2D eigenvalue weighted by atomic mass is 10.0. The quantitative estimate of drug-likeness (QED) is 0.765. The second kappa shape index (κ2) is 4.95. The van der Waals surface area contributed by atoms with E-state index < -0.39 is 5.91 Å². The van der Waals surface area contributed by atoms with Crippen LogP contribution in [0.25, 0.3) is 0 Å². The highest BCUT2D eigenvalue weighted by atomic mass is 16.2. The van der Waals surface area contributed by atoms with Crippen LogP contribution in [0, 0.1) is 0 Å². The van der Waals surface area contributed by atoms with Crippen molar-refractivity contribution in [2.45, 2.75) is 12.3 Å². The lowest BCUT2D eigenvalue weighted by Gasteiger charge is -2.14. The Balaban J connectivity index is 2.07. The van der Waals surface area contributed by atoms with Crippen molar-refractivity contribution in [3.63, 3.8) is 0 Å². The summed E-state index contributed by atoms with van der Waals surface area (Å²) in [6.07, 6.45) is 5.37. The zero-order valence-corrected chi connectivity index (χ0v) is 9.87. The molecule has 2 rings (SSSR count). The highest BCUT2D eigenvalue weighted by Gasteiger charge is 2.26. The summed E-state index contributed by atoms with van der Waals surface area (Å²) in [6, 6.07) is 0. The Morgan fingerprint density at radius 1 is 1.44 bits per heavy atom. The Morgan fingerprint density at radius 3 is 2.67 bits per heavy atom. The number of primary amides is 1. The Labute approximate surface area is 105 Å². The molecule has 1 aliphatic heterocycles. The SMILES string of the molecule is C=CC(=O)N1CC[C@@H](c2cnc(C(N)=O)nc2)C1. The van der Waals surface area contributed by atoms with Gasteiger partial charge in [-0.05, 0) is 18.1 Å². The molecule has 94 valence electrons. The van der Waals surface area contributed by atoms with E-state index in [4.69, 9.17) is 5.73 Å². The zero-order chi connectivity index (χ0) is 13.1. The van der Waals surface area contributed by atoms with Gasteiger partial charge in [-0.3, -0.25) is 9.59 Å². The number of nitrogens with two attached hydrogens (primary N) is 1. The maximum absolute atomic E-state index is 11.4. The number of rotatable bonds is 3. The van der Waals surface area contributed by atoms with Crippen molar-refractivity contribution in [3.8, 4) is 0 Å². The molecule has 1 aromatic heterocycles. The average molecular weight is 246 g/mol. The van der Waals surface area contributed by atoms with E-state index in [2.05, 4.69) is 16.5 Å². The molecular formula is C12H14N4O2. The van der Waals surface area contributed by atoms with Crippen LogP contribution in [0.2, 0.25) is 0 Å². The normalized spacial score (nSPS) is 18.7. The summed E-state index contributed by atoms with van der Waals surface area (Å²) in [5.41, 5.74) is 5.99. The molecule has 2 N–H and O–H groups in total. The van der Waals surface area contributed by atoms with Gasteiger partial charge in [0.05, 0.1) is 0 Å². The van der Waals surface area contributed by atoms with E-state index in [-0.39, 0.29) is 17.6 Å². The Kier molecular flexibility index (Phi) is 3.36. The summed E-state index contributed by atoms with van der Waals surface area (Å²) < 4.78 is 0. The van der Waals surface area contributed by atoms with Gasteiger partial charge in [0.1, 0.15) is 0 Å². The van der Waals surface area contributed by atoms with Gasteiger partial charge >= 0.3 is 0 Å². The minimum absolute atomic E-state index is 0.00997. The standard InChI is InChI=1S/C12H14N4O2/c1-2-10(17)16-4-3-8(7-16)9-5-14-12(11(13)18)15-6-9/h2,5-6,8H,1,3-4,7H2,(H2,13,18)/t8-/m1/s1. The number of carbonyl (C=O) groups excluding carboxylic acids is 2. The number of nitrogens with zero attached hydrogens (tertiary/aromatic N) is 3. The zero-order valence-electron chi connectivity index (χ0n) is 9.87. The number of hydrogen-bond donors (Lipinski definition) is 1. The van der Waals surface area contributed by atoms with Crippen molar-refractivity contribution in [2.75, 3.05) is 13.1 Å². The summed E-state index contributed by atoms with van der Waals surface area (Å²) >= 11 is 0. The topological polar surface area (TPSA) is 89.2 Å². The average Bonchev–Trinajstić information content (AvgIpc) is 2.87. The molecule has 6 heteroatoms. The minimum atomic E-state index is -0.642. The van der Waals surface area contributed by atoms with Gasteiger partial charge in [0.25, 0.3) is 5.91 Å². The van der Waals surface area contributed by atoms with Gasteiger partial charge in [-0.25, -0.2) is 9.97 Å². The number of amides is 2. The first-order valence-corrected chi connectivity index (χ1v) is 5.65. The molecule has 18 heavy (non-hydrogen) atoms. The molecule has 1 aliphatic rings. The summed E-state index contributed by atoms with van der Waals surface area (Å²) in [5.74, 6) is -0.491. The third-order valence-corrected chi connectivity index (χ3v) is 3.04. The van der Waals surface area contributed by atoms with Crippen molar-refractivity contribution in [3.05, 3.63) is 36.4 Å². The van der Waals surface area contributed by atoms with E-state index in [0.29, 0.717) is 13.1 Å². The molecule has 2 heterocycles. The molecule has 1 atom stereocenters. The van der Waals surface area contributed by atoms with Crippen LogP contribution in [-0.2, 0) is 4.79 Å². The highest BCUT2D eigenvalue weighted by Crippen LogP contribution is 2.26. The van der Waals surface area contributed by atoms with E-state index in [1.807, 2.05) is 0 Å². The van der Waals surface area contributed by atoms with E-state index in [1.54, 1.807) is 17.3 Å². The number of hydrogen-bond acceptors (Lipinski definition) is 4.